The van der Waals surface area contributed by atoms with Gasteiger partial charge in [-0.05, 0) is 48.9 Å². The van der Waals surface area contributed by atoms with Gasteiger partial charge in [0.1, 0.15) is 16.8 Å². The monoisotopic (exact) mass is 414 g/mol. The molecule has 0 saturated heterocycles. The number of aryl methyl sites for hydroxylation is 2. The van der Waals surface area contributed by atoms with E-state index < -0.39 is 0 Å². The Balaban J connectivity index is 1.82. The Kier molecular flexibility index (Phi) is 3.93. The van der Waals surface area contributed by atoms with Crippen molar-refractivity contribution in [1.82, 2.24) is 4.57 Å². The lowest BCUT2D eigenvalue weighted by Gasteiger charge is -2.07. The number of fused-ring (bicyclic) bond motifs is 4. The molecule has 0 radical (unpaired) electrons. The molecule has 6 aromatic rings. The van der Waals surface area contributed by atoms with E-state index in [2.05, 4.69) is 89.8 Å². The van der Waals surface area contributed by atoms with E-state index >= 15 is 0 Å². The first-order valence-electron chi connectivity index (χ1n) is 10.6. The molecular weight excluding hydrogens is 394 g/mol. The summed E-state index contributed by atoms with van der Waals surface area (Å²) >= 11 is 0. The number of nitrogens with zero attached hydrogens (tertiary/aromatic N) is 3. The van der Waals surface area contributed by atoms with Crippen molar-refractivity contribution >= 4 is 33.0 Å². The molecule has 0 saturated carbocycles. The van der Waals surface area contributed by atoms with Crippen LogP contribution in [0.25, 0.3) is 50.0 Å². The molecule has 4 aromatic carbocycles. The highest BCUT2D eigenvalue weighted by atomic mass is 16.3. The Labute approximate surface area is 185 Å². The van der Waals surface area contributed by atoms with Crippen molar-refractivity contribution < 1.29 is 8.98 Å². The number of rotatable bonds is 2. The first-order valence-corrected chi connectivity index (χ1v) is 10.6. The zero-order valence-corrected chi connectivity index (χ0v) is 17.8. The summed E-state index contributed by atoms with van der Waals surface area (Å²) in [5.41, 5.74) is 7.66. The van der Waals surface area contributed by atoms with Crippen LogP contribution in [-0.2, 0) is 7.05 Å². The van der Waals surface area contributed by atoms with Gasteiger partial charge >= 0.3 is 0 Å². The van der Waals surface area contributed by atoms with Crippen molar-refractivity contribution in [3.63, 3.8) is 0 Å². The summed E-state index contributed by atoms with van der Waals surface area (Å²) < 4.78 is 10.9. The summed E-state index contributed by atoms with van der Waals surface area (Å²) in [5, 5.41) is 11.5. The van der Waals surface area contributed by atoms with Crippen LogP contribution in [0.1, 0.15) is 11.1 Å². The molecule has 2 heterocycles. The lowest BCUT2D eigenvalue weighted by atomic mass is 10.0. The summed E-state index contributed by atoms with van der Waals surface area (Å²) in [4.78, 5) is 0. The molecule has 6 rings (SSSR count). The van der Waals surface area contributed by atoms with Gasteiger partial charge in [0.15, 0.2) is 16.6 Å². The van der Waals surface area contributed by atoms with Gasteiger partial charge in [0.25, 0.3) is 5.82 Å². The van der Waals surface area contributed by atoms with Crippen LogP contribution in [0.5, 0.6) is 0 Å². The van der Waals surface area contributed by atoms with Crippen LogP contribution in [0.3, 0.4) is 0 Å². The van der Waals surface area contributed by atoms with Crippen LogP contribution in [-0.4, -0.2) is 4.57 Å². The summed E-state index contributed by atoms with van der Waals surface area (Å²) in [6.45, 7) is 2.11. The lowest BCUT2D eigenvalue weighted by molar-refractivity contribution is -0.633. The lowest BCUT2D eigenvalue weighted by Crippen LogP contribution is -2.30. The highest BCUT2D eigenvalue weighted by molar-refractivity contribution is 6.12. The van der Waals surface area contributed by atoms with Crippen molar-refractivity contribution in [3.8, 4) is 23.1 Å². The standard InChI is InChI=1S/C28H20N3O/c1-18-15-16-21-26-19(17-29)9-8-14-24(26)32-27(21)25(18)28-30(2)22-12-6-7-13-23(22)31(28)20-10-4-3-5-11-20/h3-16H,1-2H3/q+1. The van der Waals surface area contributed by atoms with Crippen molar-refractivity contribution in [1.29, 1.82) is 5.26 Å². The van der Waals surface area contributed by atoms with Crippen LogP contribution < -0.4 is 4.57 Å². The van der Waals surface area contributed by atoms with Gasteiger partial charge in [-0.2, -0.15) is 9.83 Å². The number of benzene rings is 4. The number of imidazole rings is 1. The van der Waals surface area contributed by atoms with Gasteiger partial charge in [-0.25, -0.2) is 4.57 Å². The molecular formula is C28H20N3O+. The quantitative estimate of drug-likeness (QED) is 0.317. The van der Waals surface area contributed by atoms with Gasteiger partial charge in [-0.1, -0.05) is 48.5 Å². The van der Waals surface area contributed by atoms with Gasteiger partial charge in [0.05, 0.1) is 18.7 Å². The number of hydrogen-bond donors (Lipinski definition) is 0. The Hall–Kier alpha value is -4.36. The molecule has 0 aliphatic rings. The van der Waals surface area contributed by atoms with E-state index in [4.69, 9.17) is 4.42 Å². The van der Waals surface area contributed by atoms with Crippen molar-refractivity contribution in [3.05, 3.63) is 96.1 Å². The molecule has 152 valence electrons. The molecule has 0 unspecified atom stereocenters. The Morgan fingerprint density at radius 2 is 1.66 bits per heavy atom. The maximum absolute atomic E-state index is 9.69. The van der Waals surface area contributed by atoms with Crippen molar-refractivity contribution in [2.24, 2.45) is 7.05 Å². The number of aromatic nitrogens is 2. The first kappa shape index (κ1) is 18.4. The number of nitriles is 1. The minimum atomic E-state index is 0.629. The minimum absolute atomic E-state index is 0.629. The summed E-state index contributed by atoms with van der Waals surface area (Å²) in [5.74, 6) is 1.04. The third-order valence-electron chi connectivity index (χ3n) is 6.25. The molecule has 0 bridgehead atoms. The number of furan rings is 1. The van der Waals surface area contributed by atoms with E-state index in [1.807, 2.05) is 24.3 Å². The Morgan fingerprint density at radius 1 is 0.875 bits per heavy atom. The fourth-order valence-electron chi connectivity index (χ4n) is 4.79. The summed E-state index contributed by atoms with van der Waals surface area (Å²) in [6, 6.07) is 31.0. The van der Waals surface area contributed by atoms with Crippen LogP contribution in [0.4, 0.5) is 0 Å². The molecule has 0 aliphatic heterocycles. The number of para-hydroxylation sites is 3. The number of hydrogen-bond acceptors (Lipinski definition) is 2. The zero-order valence-electron chi connectivity index (χ0n) is 17.8. The molecule has 32 heavy (non-hydrogen) atoms. The second-order valence-corrected chi connectivity index (χ2v) is 8.07. The topological polar surface area (TPSA) is 45.7 Å². The van der Waals surface area contributed by atoms with Gasteiger partial charge in [-0.3, -0.25) is 0 Å². The fraction of sp³-hybridized carbons (Fsp3) is 0.0714. The van der Waals surface area contributed by atoms with Crippen molar-refractivity contribution in [2.45, 2.75) is 6.92 Å². The van der Waals surface area contributed by atoms with Crippen molar-refractivity contribution in [2.75, 3.05) is 0 Å². The average molecular weight is 414 g/mol. The maximum Gasteiger partial charge on any atom is 0.298 e. The molecule has 0 fully saturated rings. The van der Waals surface area contributed by atoms with Gasteiger partial charge in [-0.15, -0.1) is 0 Å². The molecule has 0 amide bonds. The fourth-order valence-corrected chi connectivity index (χ4v) is 4.79. The molecule has 0 atom stereocenters. The second kappa shape index (κ2) is 6.83. The molecule has 0 spiro atoms. The van der Waals surface area contributed by atoms with E-state index in [0.29, 0.717) is 5.56 Å². The van der Waals surface area contributed by atoms with Crippen LogP contribution in [0.2, 0.25) is 0 Å². The van der Waals surface area contributed by atoms with Crippen LogP contribution >= 0.6 is 0 Å². The highest BCUT2D eigenvalue weighted by Gasteiger charge is 2.30. The molecule has 2 aromatic heterocycles. The van der Waals surface area contributed by atoms with Gasteiger partial charge < -0.3 is 4.42 Å². The third kappa shape index (κ3) is 2.45. The maximum atomic E-state index is 9.69. The van der Waals surface area contributed by atoms with E-state index in [1.54, 1.807) is 0 Å². The molecule has 4 heteroatoms. The van der Waals surface area contributed by atoms with Gasteiger partial charge in [0.2, 0.25) is 0 Å². The Bertz CT molecular complexity index is 1700. The smallest absolute Gasteiger partial charge is 0.298 e. The Morgan fingerprint density at radius 3 is 2.47 bits per heavy atom. The average Bonchev–Trinajstić information content (AvgIpc) is 3.35. The molecule has 0 N–H and O–H groups in total. The van der Waals surface area contributed by atoms with Gasteiger partial charge in [0, 0.05) is 10.8 Å². The SMILES string of the molecule is Cc1ccc2c(oc3cccc(C#N)c32)c1-c1n(-c2ccccc2)c2ccccc2[n+]1C. The first-order chi connectivity index (χ1) is 15.7. The van der Waals surface area contributed by atoms with E-state index in [0.717, 1.165) is 55.6 Å². The predicted molar refractivity (Wildman–Crippen MR) is 127 cm³/mol. The predicted octanol–water partition coefficient (Wildman–Crippen LogP) is 6.20. The summed E-state index contributed by atoms with van der Waals surface area (Å²) in [6.07, 6.45) is 0. The highest BCUT2D eigenvalue weighted by Crippen LogP contribution is 2.39. The largest absolute Gasteiger partial charge is 0.455 e. The van der Waals surface area contributed by atoms with E-state index in [-0.39, 0.29) is 0 Å². The minimum Gasteiger partial charge on any atom is -0.455 e. The normalized spacial score (nSPS) is 11.4. The zero-order chi connectivity index (χ0) is 21.8. The molecule has 4 nitrogen and oxygen atoms in total. The van der Waals surface area contributed by atoms with Crippen LogP contribution in [0.15, 0.2) is 89.3 Å². The second-order valence-electron chi connectivity index (χ2n) is 8.07. The third-order valence-corrected chi connectivity index (χ3v) is 6.25. The summed E-state index contributed by atoms with van der Waals surface area (Å²) in [7, 11) is 2.10. The van der Waals surface area contributed by atoms with E-state index in [9.17, 15) is 5.26 Å². The van der Waals surface area contributed by atoms with E-state index in [1.165, 1.54) is 0 Å². The van der Waals surface area contributed by atoms with Crippen LogP contribution in [0, 0.1) is 18.3 Å². The molecule has 0 aliphatic carbocycles.